The van der Waals surface area contributed by atoms with Gasteiger partial charge in [-0.05, 0) is 68.3 Å². The van der Waals surface area contributed by atoms with Gasteiger partial charge in [-0.3, -0.25) is 9.69 Å². The molecule has 2 unspecified atom stereocenters. The number of aliphatic imine (C=N–C) groups is 1. The second kappa shape index (κ2) is 14.2. The second-order valence-corrected chi connectivity index (χ2v) is 12.4. The summed E-state index contributed by atoms with van der Waals surface area (Å²) >= 11 is 12.7. The molecular weight excluding hydrogens is 643 g/mol. The summed E-state index contributed by atoms with van der Waals surface area (Å²) in [6, 6.07) is 17.6. The summed E-state index contributed by atoms with van der Waals surface area (Å²) in [5, 5.41) is 0.958. The number of esters is 1. The van der Waals surface area contributed by atoms with Gasteiger partial charge in [0.05, 0.1) is 25.4 Å². The van der Waals surface area contributed by atoms with Gasteiger partial charge in [0.25, 0.3) is 0 Å². The zero-order valence-corrected chi connectivity index (χ0v) is 28.5. The van der Waals surface area contributed by atoms with Crippen molar-refractivity contribution in [2.45, 2.75) is 45.4 Å². The van der Waals surface area contributed by atoms with Crippen LogP contribution < -0.4 is 9.47 Å². The zero-order chi connectivity index (χ0) is 33.9. The first-order chi connectivity index (χ1) is 22.5. The molecule has 0 radical (unpaired) electrons. The Hall–Kier alpha value is -4.28. The van der Waals surface area contributed by atoms with Crippen LogP contribution in [0, 0.1) is 0 Å². The number of carbonyl (C=O) groups is 3. The molecule has 0 saturated carbocycles. The van der Waals surface area contributed by atoms with E-state index in [4.69, 9.17) is 42.4 Å². The maximum Gasteiger partial charge on any atom is 0.341 e. The van der Waals surface area contributed by atoms with Crippen molar-refractivity contribution in [3.63, 3.8) is 0 Å². The van der Waals surface area contributed by atoms with Gasteiger partial charge >= 0.3 is 12.0 Å². The number of urea groups is 1. The van der Waals surface area contributed by atoms with Crippen LogP contribution in [0.2, 0.25) is 10.0 Å². The van der Waals surface area contributed by atoms with Crippen molar-refractivity contribution in [2.75, 3.05) is 39.9 Å². The number of rotatable bonds is 8. The number of amides is 3. The van der Waals surface area contributed by atoms with E-state index in [0.717, 1.165) is 0 Å². The van der Waals surface area contributed by atoms with Crippen molar-refractivity contribution >= 4 is 46.9 Å². The topological polar surface area (TPSA) is 101 Å². The van der Waals surface area contributed by atoms with E-state index in [0.29, 0.717) is 64.4 Å². The fourth-order valence-electron chi connectivity index (χ4n) is 5.99. The molecule has 0 aromatic heterocycles. The highest BCUT2D eigenvalue weighted by atomic mass is 35.5. The number of methoxy groups -OCH3 is 1. The number of piperazine rings is 1. The third-order valence-electron chi connectivity index (χ3n) is 8.22. The summed E-state index contributed by atoms with van der Waals surface area (Å²) in [6.07, 6.45) is -0.232. The predicted octanol–water partition coefficient (Wildman–Crippen LogP) is 6.34. The summed E-state index contributed by atoms with van der Waals surface area (Å²) in [5.74, 6) is 0.478. The smallest absolute Gasteiger partial charge is 0.341 e. The quantitative estimate of drug-likeness (QED) is 0.258. The Bertz CT molecular complexity index is 1660. The van der Waals surface area contributed by atoms with Crippen molar-refractivity contribution in [3.05, 3.63) is 93.5 Å². The van der Waals surface area contributed by atoms with Crippen molar-refractivity contribution in [3.8, 4) is 11.5 Å². The average Bonchev–Trinajstić information content (AvgIpc) is 3.41. The number of halogens is 2. The molecule has 2 heterocycles. The second-order valence-electron chi connectivity index (χ2n) is 11.6. The molecule has 0 bridgehead atoms. The summed E-state index contributed by atoms with van der Waals surface area (Å²) < 4.78 is 17.5. The van der Waals surface area contributed by atoms with E-state index in [1.165, 1.54) is 6.92 Å². The zero-order valence-electron chi connectivity index (χ0n) is 27.0. The minimum atomic E-state index is -1.75. The first kappa shape index (κ1) is 34.1. The van der Waals surface area contributed by atoms with Crippen molar-refractivity contribution in [1.82, 2.24) is 14.7 Å². The van der Waals surface area contributed by atoms with E-state index in [2.05, 4.69) is 0 Å². The monoisotopic (exact) mass is 680 g/mol. The van der Waals surface area contributed by atoms with Gasteiger partial charge in [0.2, 0.25) is 11.4 Å². The average molecular weight is 682 g/mol. The fourth-order valence-corrected chi connectivity index (χ4v) is 6.24. The standard InChI is InChI=1S/C35H38Cl2N4O6/c1-6-46-33(43)35(25-9-13-27(37)14-10-25)31(24-7-11-26(36)12-8-24)41(34(44)40-19-17-39(18-20-40)23(4)42)32(38-35)29-16-15-28(45-5)21-30(29)47-22(2)3/h7-16,21-22,31H,6,17-20H2,1-5H3. The Morgan fingerprint density at radius 3 is 2.06 bits per heavy atom. The molecule has 47 heavy (non-hydrogen) atoms. The van der Waals surface area contributed by atoms with E-state index < -0.39 is 23.6 Å². The molecule has 1 saturated heterocycles. The van der Waals surface area contributed by atoms with Gasteiger partial charge in [-0.2, -0.15) is 0 Å². The number of ether oxygens (including phenoxy) is 3. The summed E-state index contributed by atoms with van der Waals surface area (Å²) in [7, 11) is 1.56. The van der Waals surface area contributed by atoms with Crippen LogP contribution in [0.4, 0.5) is 4.79 Å². The summed E-state index contributed by atoms with van der Waals surface area (Å²) in [6.45, 7) is 8.43. The van der Waals surface area contributed by atoms with Gasteiger partial charge in [-0.1, -0.05) is 47.5 Å². The maximum absolute atomic E-state index is 14.9. The lowest BCUT2D eigenvalue weighted by atomic mass is 9.80. The highest BCUT2D eigenvalue weighted by molar-refractivity contribution is 6.30. The highest BCUT2D eigenvalue weighted by Gasteiger charge is 2.60. The molecule has 2 aliphatic rings. The van der Waals surface area contributed by atoms with E-state index in [1.807, 2.05) is 13.8 Å². The summed E-state index contributed by atoms with van der Waals surface area (Å²) in [5.41, 5.74) is -0.189. The molecule has 3 aromatic carbocycles. The number of hydrogen-bond acceptors (Lipinski definition) is 7. The van der Waals surface area contributed by atoms with Gasteiger partial charge in [0.15, 0.2) is 0 Å². The molecule has 3 aromatic rings. The fraction of sp³-hybridized carbons (Fsp3) is 0.371. The van der Waals surface area contributed by atoms with Crippen molar-refractivity contribution < 1.29 is 28.6 Å². The lowest BCUT2D eigenvalue weighted by molar-refractivity contribution is -0.151. The van der Waals surface area contributed by atoms with Crippen molar-refractivity contribution in [1.29, 1.82) is 0 Å². The number of amidine groups is 1. The number of carbonyl (C=O) groups excluding carboxylic acids is 3. The Morgan fingerprint density at radius 1 is 0.915 bits per heavy atom. The van der Waals surface area contributed by atoms with Gasteiger partial charge < -0.3 is 24.0 Å². The molecule has 2 atom stereocenters. The van der Waals surface area contributed by atoms with E-state index in [-0.39, 0.29) is 24.5 Å². The predicted molar refractivity (Wildman–Crippen MR) is 180 cm³/mol. The van der Waals surface area contributed by atoms with E-state index in [1.54, 1.807) is 95.5 Å². The van der Waals surface area contributed by atoms with Crippen LogP contribution in [-0.2, 0) is 19.9 Å². The summed E-state index contributed by atoms with van der Waals surface area (Å²) in [4.78, 5) is 51.6. The van der Waals surface area contributed by atoms with E-state index in [9.17, 15) is 14.4 Å². The highest BCUT2D eigenvalue weighted by Crippen LogP contribution is 2.51. The molecular formula is C35H38Cl2N4O6. The minimum absolute atomic E-state index is 0.0580. The Balaban J connectivity index is 1.81. The molecule has 3 amide bonds. The molecule has 0 aliphatic carbocycles. The maximum atomic E-state index is 14.9. The Morgan fingerprint density at radius 2 is 1.51 bits per heavy atom. The normalized spacial score (nSPS) is 19.4. The van der Waals surface area contributed by atoms with Crippen LogP contribution in [0.3, 0.4) is 0 Å². The molecule has 2 aliphatic heterocycles. The van der Waals surface area contributed by atoms with Crippen LogP contribution in [-0.4, -0.2) is 84.4 Å². The van der Waals surface area contributed by atoms with Crippen LogP contribution in [0.1, 0.15) is 50.4 Å². The van der Waals surface area contributed by atoms with Crippen LogP contribution >= 0.6 is 23.2 Å². The van der Waals surface area contributed by atoms with Crippen molar-refractivity contribution in [2.24, 2.45) is 4.99 Å². The van der Waals surface area contributed by atoms with E-state index >= 15 is 0 Å². The van der Waals surface area contributed by atoms with Gasteiger partial charge in [0, 0.05) is 49.2 Å². The molecule has 5 rings (SSSR count). The lowest BCUT2D eigenvalue weighted by Crippen LogP contribution is -2.56. The third kappa shape index (κ3) is 6.75. The number of hydrogen-bond donors (Lipinski definition) is 0. The third-order valence-corrected chi connectivity index (χ3v) is 8.72. The first-order valence-electron chi connectivity index (χ1n) is 15.5. The van der Waals surface area contributed by atoms with Crippen LogP contribution in [0.15, 0.2) is 71.7 Å². The SMILES string of the molecule is CCOC(=O)C1(c2ccc(Cl)cc2)N=C(c2ccc(OC)cc2OC(C)C)N(C(=O)N2CCN(C(C)=O)CC2)C1c1ccc(Cl)cc1. The Kier molecular flexibility index (Phi) is 10.3. The largest absolute Gasteiger partial charge is 0.497 e. The molecule has 1 fully saturated rings. The van der Waals surface area contributed by atoms with Gasteiger partial charge in [-0.15, -0.1) is 0 Å². The molecule has 0 N–H and O–H groups in total. The minimum Gasteiger partial charge on any atom is -0.497 e. The Labute approximate surface area is 284 Å². The van der Waals surface area contributed by atoms with Gasteiger partial charge in [0.1, 0.15) is 23.4 Å². The van der Waals surface area contributed by atoms with Crippen LogP contribution in [0.5, 0.6) is 11.5 Å². The number of nitrogens with zero attached hydrogens (tertiary/aromatic N) is 4. The lowest BCUT2D eigenvalue weighted by Gasteiger charge is -2.40. The number of benzene rings is 3. The van der Waals surface area contributed by atoms with Gasteiger partial charge in [-0.25, -0.2) is 14.6 Å². The molecule has 10 nitrogen and oxygen atoms in total. The molecule has 248 valence electrons. The molecule has 0 spiro atoms. The first-order valence-corrected chi connectivity index (χ1v) is 16.2. The molecule has 12 heteroatoms. The van der Waals surface area contributed by atoms with Crippen LogP contribution in [0.25, 0.3) is 0 Å².